The Morgan fingerprint density at radius 1 is 1.60 bits per heavy atom. The first-order valence-electron chi connectivity index (χ1n) is 3.98. The van der Waals surface area contributed by atoms with E-state index in [2.05, 4.69) is 25.6 Å². The summed E-state index contributed by atoms with van der Waals surface area (Å²) in [5.74, 6) is 1.37. The zero-order chi connectivity index (χ0) is 7.61. The van der Waals surface area contributed by atoms with Crippen LogP contribution in [0.4, 0.5) is 0 Å². The molecule has 0 saturated carbocycles. The normalized spacial score (nSPS) is 26.1. The van der Waals surface area contributed by atoms with Gasteiger partial charge in [-0.2, -0.15) is 11.8 Å². The minimum Gasteiger partial charge on any atom is -0.326 e. The van der Waals surface area contributed by atoms with Crippen molar-refractivity contribution in [3.8, 4) is 0 Å². The van der Waals surface area contributed by atoms with E-state index in [0.29, 0.717) is 0 Å². The summed E-state index contributed by atoms with van der Waals surface area (Å²) in [6.45, 7) is 4.21. The van der Waals surface area contributed by atoms with E-state index < -0.39 is 0 Å². The first kappa shape index (κ1) is 8.41. The van der Waals surface area contributed by atoms with Gasteiger partial charge in [0, 0.05) is 10.8 Å². The van der Waals surface area contributed by atoms with Crippen LogP contribution in [0, 0.1) is 0 Å². The first-order valence-corrected chi connectivity index (χ1v) is 5.03. The van der Waals surface area contributed by atoms with E-state index in [1.165, 1.54) is 25.0 Å². The summed E-state index contributed by atoms with van der Waals surface area (Å²) >= 11 is 2.09. The molecular weight excluding hydrogens is 142 g/mol. The Balaban J connectivity index is 2.04. The molecule has 1 atom stereocenters. The monoisotopic (exact) mass is 159 g/mol. The topological polar surface area (TPSA) is 26.0 Å². The Morgan fingerprint density at radius 2 is 2.20 bits per heavy atom. The van der Waals surface area contributed by atoms with Gasteiger partial charge in [-0.25, -0.2) is 0 Å². The van der Waals surface area contributed by atoms with Crippen molar-refractivity contribution >= 4 is 11.8 Å². The van der Waals surface area contributed by atoms with Gasteiger partial charge >= 0.3 is 0 Å². The number of hydrogen-bond donors (Lipinski definition) is 1. The quantitative estimate of drug-likeness (QED) is 0.681. The highest BCUT2D eigenvalue weighted by Crippen LogP contribution is 2.32. The minimum atomic E-state index is 0.0517. The molecule has 1 aliphatic heterocycles. The second-order valence-electron chi connectivity index (χ2n) is 3.81. The molecule has 1 unspecified atom stereocenters. The molecule has 1 aliphatic rings. The van der Waals surface area contributed by atoms with Crippen molar-refractivity contribution in [2.24, 2.45) is 5.73 Å². The highest BCUT2D eigenvalue weighted by atomic mass is 32.2. The smallest absolute Gasteiger partial charge is 0.00974 e. The van der Waals surface area contributed by atoms with Gasteiger partial charge in [0.25, 0.3) is 0 Å². The molecule has 1 rings (SSSR count). The van der Waals surface area contributed by atoms with Crippen molar-refractivity contribution in [3.63, 3.8) is 0 Å². The molecular formula is C8H17NS. The zero-order valence-corrected chi connectivity index (χ0v) is 7.71. The molecule has 1 fully saturated rings. The minimum absolute atomic E-state index is 0.0517. The van der Waals surface area contributed by atoms with Crippen LogP contribution < -0.4 is 5.73 Å². The molecule has 60 valence electrons. The van der Waals surface area contributed by atoms with E-state index in [1.54, 1.807) is 0 Å². The van der Waals surface area contributed by atoms with Gasteiger partial charge in [-0.1, -0.05) is 0 Å². The Bertz CT molecular complexity index is 102. The highest BCUT2D eigenvalue weighted by Gasteiger charge is 2.20. The zero-order valence-electron chi connectivity index (χ0n) is 6.89. The maximum atomic E-state index is 5.85. The summed E-state index contributed by atoms with van der Waals surface area (Å²) in [7, 11) is 0. The molecule has 0 aromatic rings. The van der Waals surface area contributed by atoms with Crippen molar-refractivity contribution in [3.05, 3.63) is 0 Å². The first-order chi connectivity index (χ1) is 4.58. The molecule has 0 radical (unpaired) electrons. The lowest BCUT2D eigenvalue weighted by atomic mass is 9.98. The molecule has 2 N–H and O–H groups in total. The molecule has 1 saturated heterocycles. The fourth-order valence-electron chi connectivity index (χ4n) is 1.05. The van der Waals surface area contributed by atoms with E-state index >= 15 is 0 Å². The number of hydrogen-bond acceptors (Lipinski definition) is 2. The van der Waals surface area contributed by atoms with Gasteiger partial charge in [0.05, 0.1) is 0 Å². The Labute approximate surface area is 67.8 Å². The van der Waals surface area contributed by atoms with Gasteiger partial charge in [-0.05, 0) is 38.9 Å². The predicted octanol–water partition coefficient (Wildman–Crippen LogP) is 2.01. The van der Waals surface area contributed by atoms with Gasteiger partial charge in [0.15, 0.2) is 0 Å². The molecule has 2 heteroatoms. The molecule has 0 aromatic carbocycles. The van der Waals surface area contributed by atoms with Crippen LogP contribution in [0.15, 0.2) is 0 Å². The van der Waals surface area contributed by atoms with Crippen molar-refractivity contribution in [1.82, 2.24) is 0 Å². The third-order valence-electron chi connectivity index (χ3n) is 1.90. The molecule has 0 amide bonds. The van der Waals surface area contributed by atoms with E-state index in [9.17, 15) is 0 Å². The Hall–Kier alpha value is 0.310. The van der Waals surface area contributed by atoms with Crippen LogP contribution in [0.2, 0.25) is 0 Å². The summed E-state index contributed by atoms with van der Waals surface area (Å²) in [6.07, 6.45) is 3.90. The average molecular weight is 159 g/mol. The van der Waals surface area contributed by atoms with Crippen LogP contribution in [0.1, 0.15) is 33.1 Å². The van der Waals surface area contributed by atoms with Crippen LogP contribution in [0.3, 0.4) is 0 Å². The van der Waals surface area contributed by atoms with Crippen molar-refractivity contribution in [1.29, 1.82) is 0 Å². The SMILES string of the molecule is CC(C)(N)CCC1CCS1. The second-order valence-corrected chi connectivity index (χ2v) is 5.22. The standard InChI is InChI=1S/C8H17NS/c1-8(2,9)5-3-7-4-6-10-7/h7H,3-6,9H2,1-2H3. The van der Waals surface area contributed by atoms with Crippen molar-refractivity contribution < 1.29 is 0 Å². The molecule has 1 heterocycles. The van der Waals surface area contributed by atoms with Crippen LogP contribution in [-0.2, 0) is 0 Å². The van der Waals surface area contributed by atoms with Crippen LogP contribution in [0.25, 0.3) is 0 Å². The van der Waals surface area contributed by atoms with Crippen molar-refractivity contribution in [2.45, 2.75) is 43.9 Å². The summed E-state index contributed by atoms with van der Waals surface area (Å²) in [6, 6.07) is 0. The van der Waals surface area contributed by atoms with Crippen LogP contribution >= 0.6 is 11.8 Å². The van der Waals surface area contributed by atoms with E-state index in [0.717, 1.165) is 5.25 Å². The maximum absolute atomic E-state index is 5.85. The van der Waals surface area contributed by atoms with Gasteiger partial charge in [-0.15, -0.1) is 0 Å². The Kier molecular flexibility index (Phi) is 2.64. The molecule has 0 spiro atoms. The average Bonchev–Trinajstić information content (AvgIpc) is 1.56. The van der Waals surface area contributed by atoms with Crippen molar-refractivity contribution in [2.75, 3.05) is 5.75 Å². The number of thioether (sulfide) groups is 1. The second kappa shape index (κ2) is 3.14. The predicted molar refractivity (Wildman–Crippen MR) is 48.4 cm³/mol. The third kappa shape index (κ3) is 2.93. The van der Waals surface area contributed by atoms with E-state index in [1.807, 2.05) is 0 Å². The lowest BCUT2D eigenvalue weighted by Gasteiger charge is -2.28. The van der Waals surface area contributed by atoms with E-state index in [4.69, 9.17) is 5.73 Å². The fraction of sp³-hybridized carbons (Fsp3) is 1.00. The summed E-state index contributed by atoms with van der Waals surface area (Å²) in [5.41, 5.74) is 5.91. The van der Waals surface area contributed by atoms with Crippen LogP contribution in [-0.4, -0.2) is 16.5 Å². The number of rotatable bonds is 3. The van der Waals surface area contributed by atoms with Gasteiger partial charge in [-0.3, -0.25) is 0 Å². The van der Waals surface area contributed by atoms with Gasteiger partial charge in [0.2, 0.25) is 0 Å². The molecule has 1 nitrogen and oxygen atoms in total. The summed E-state index contributed by atoms with van der Waals surface area (Å²) < 4.78 is 0. The lowest BCUT2D eigenvalue weighted by Crippen LogP contribution is -2.33. The number of nitrogens with two attached hydrogens (primary N) is 1. The highest BCUT2D eigenvalue weighted by molar-refractivity contribution is 8.01. The third-order valence-corrected chi connectivity index (χ3v) is 3.32. The van der Waals surface area contributed by atoms with Gasteiger partial charge < -0.3 is 5.73 Å². The molecule has 0 aliphatic carbocycles. The van der Waals surface area contributed by atoms with Gasteiger partial charge in [0.1, 0.15) is 0 Å². The molecule has 0 bridgehead atoms. The maximum Gasteiger partial charge on any atom is 0.00974 e. The summed E-state index contributed by atoms with van der Waals surface area (Å²) in [4.78, 5) is 0. The van der Waals surface area contributed by atoms with E-state index in [-0.39, 0.29) is 5.54 Å². The Morgan fingerprint density at radius 3 is 2.50 bits per heavy atom. The van der Waals surface area contributed by atoms with Crippen LogP contribution in [0.5, 0.6) is 0 Å². The fourth-order valence-corrected chi connectivity index (χ4v) is 1.90. The largest absolute Gasteiger partial charge is 0.326 e. The molecule has 0 aromatic heterocycles. The lowest BCUT2D eigenvalue weighted by molar-refractivity contribution is 0.449. The summed E-state index contributed by atoms with van der Waals surface area (Å²) in [5, 5.41) is 0.933. The molecule has 10 heavy (non-hydrogen) atoms.